The van der Waals surface area contributed by atoms with E-state index in [0.29, 0.717) is 6.54 Å². The predicted molar refractivity (Wildman–Crippen MR) is 34.7 cm³/mol. The Kier molecular flexibility index (Phi) is 4.61. The van der Waals surface area contributed by atoms with Gasteiger partial charge < -0.3 is 10.4 Å². The predicted octanol–water partition coefficient (Wildman–Crippen LogP) is 0.143. The van der Waals surface area contributed by atoms with E-state index in [9.17, 15) is 0 Å². The van der Waals surface area contributed by atoms with E-state index < -0.39 is 0 Å². The molecule has 0 aromatic carbocycles. The van der Waals surface area contributed by atoms with Gasteiger partial charge in [-0.3, -0.25) is 0 Å². The van der Waals surface area contributed by atoms with Crippen LogP contribution < -0.4 is 5.32 Å². The van der Waals surface area contributed by atoms with Crippen LogP contribution in [0.1, 0.15) is 6.92 Å². The van der Waals surface area contributed by atoms with Crippen molar-refractivity contribution < 1.29 is 5.11 Å². The molecule has 2 heteroatoms. The van der Waals surface area contributed by atoms with Gasteiger partial charge in [-0.2, -0.15) is 0 Å². The third kappa shape index (κ3) is 3.84. The Morgan fingerprint density at radius 1 is 1.75 bits per heavy atom. The summed E-state index contributed by atoms with van der Waals surface area (Å²) >= 11 is 0. The molecule has 8 heavy (non-hydrogen) atoms. The Bertz CT molecular complexity index is 70.9. The Morgan fingerprint density at radius 3 is 2.75 bits per heavy atom. The maximum atomic E-state index is 8.90. The van der Waals surface area contributed by atoms with Gasteiger partial charge in [0.1, 0.15) is 0 Å². The van der Waals surface area contributed by atoms with Gasteiger partial charge in [-0.1, -0.05) is 12.2 Å². The molecule has 0 aliphatic heterocycles. The summed E-state index contributed by atoms with van der Waals surface area (Å²) in [7, 11) is 1.81. The van der Waals surface area contributed by atoms with E-state index in [4.69, 9.17) is 5.11 Å². The zero-order valence-corrected chi connectivity index (χ0v) is 5.39. The Morgan fingerprint density at radius 2 is 2.38 bits per heavy atom. The first-order valence-electron chi connectivity index (χ1n) is 2.76. The van der Waals surface area contributed by atoms with Crippen molar-refractivity contribution in [1.82, 2.24) is 5.32 Å². The van der Waals surface area contributed by atoms with Crippen LogP contribution >= 0.6 is 0 Å². The van der Waals surface area contributed by atoms with Crippen molar-refractivity contribution in [2.45, 2.75) is 13.0 Å². The molecule has 2 N–H and O–H groups in total. The first-order chi connectivity index (χ1) is 3.81. The van der Waals surface area contributed by atoms with Crippen molar-refractivity contribution in [3.8, 4) is 0 Å². The minimum Gasteiger partial charge on any atom is -0.388 e. The maximum Gasteiger partial charge on any atom is 0.0845 e. The van der Waals surface area contributed by atoms with Crippen LogP contribution in [0.15, 0.2) is 12.2 Å². The molecular weight excluding hydrogens is 102 g/mol. The van der Waals surface area contributed by atoms with E-state index in [1.54, 1.807) is 6.08 Å². The van der Waals surface area contributed by atoms with Crippen molar-refractivity contribution in [1.29, 1.82) is 0 Å². The van der Waals surface area contributed by atoms with E-state index >= 15 is 0 Å². The topological polar surface area (TPSA) is 32.3 Å². The SMILES string of the molecule is C/C=C/[C@@H](O)CNC. The van der Waals surface area contributed by atoms with Crippen molar-refractivity contribution in [2.24, 2.45) is 0 Å². The van der Waals surface area contributed by atoms with Gasteiger partial charge in [0.15, 0.2) is 0 Å². The summed E-state index contributed by atoms with van der Waals surface area (Å²) < 4.78 is 0. The molecule has 0 spiro atoms. The van der Waals surface area contributed by atoms with Crippen molar-refractivity contribution in [2.75, 3.05) is 13.6 Å². The standard InChI is InChI=1S/C6H13NO/c1-3-4-6(8)5-7-2/h3-4,6-8H,5H2,1-2H3/b4-3+/t6-/m1/s1. The first kappa shape index (κ1) is 7.66. The van der Waals surface area contributed by atoms with Gasteiger partial charge in [-0.25, -0.2) is 0 Å². The molecule has 0 aromatic rings. The molecule has 0 unspecified atom stereocenters. The second-order valence-electron chi connectivity index (χ2n) is 1.65. The van der Waals surface area contributed by atoms with Gasteiger partial charge in [0.05, 0.1) is 6.10 Å². The van der Waals surface area contributed by atoms with Crippen LogP contribution in [-0.2, 0) is 0 Å². The first-order valence-corrected chi connectivity index (χ1v) is 2.76. The zero-order chi connectivity index (χ0) is 6.41. The van der Waals surface area contributed by atoms with E-state index in [1.807, 2.05) is 20.0 Å². The molecule has 0 saturated heterocycles. The van der Waals surface area contributed by atoms with Gasteiger partial charge in [0.2, 0.25) is 0 Å². The fraction of sp³-hybridized carbons (Fsp3) is 0.667. The molecule has 0 saturated carbocycles. The van der Waals surface area contributed by atoms with Crippen LogP contribution in [0.5, 0.6) is 0 Å². The van der Waals surface area contributed by atoms with Crippen molar-refractivity contribution >= 4 is 0 Å². The monoisotopic (exact) mass is 115 g/mol. The van der Waals surface area contributed by atoms with Gasteiger partial charge in [-0.15, -0.1) is 0 Å². The number of hydrogen-bond acceptors (Lipinski definition) is 2. The number of hydrogen-bond donors (Lipinski definition) is 2. The number of allylic oxidation sites excluding steroid dienone is 1. The number of aliphatic hydroxyl groups excluding tert-OH is 1. The second kappa shape index (κ2) is 4.81. The fourth-order valence-electron chi connectivity index (χ4n) is 0.499. The molecule has 0 fully saturated rings. The van der Waals surface area contributed by atoms with Crippen LogP contribution in [0.2, 0.25) is 0 Å². The number of rotatable bonds is 3. The molecule has 0 aliphatic carbocycles. The molecule has 0 radical (unpaired) electrons. The van der Waals surface area contributed by atoms with E-state index in [1.165, 1.54) is 0 Å². The minimum absolute atomic E-state index is 0.329. The van der Waals surface area contributed by atoms with Crippen molar-refractivity contribution in [3.63, 3.8) is 0 Å². The molecule has 0 heterocycles. The number of likely N-dealkylation sites (N-methyl/N-ethyl adjacent to an activating group) is 1. The van der Waals surface area contributed by atoms with Crippen molar-refractivity contribution in [3.05, 3.63) is 12.2 Å². The summed E-state index contributed by atoms with van der Waals surface area (Å²) in [6, 6.07) is 0. The molecule has 0 bridgehead atoms. The largest absolute Gasteiger partial charge is 0.388 e. The smallest absolute Gasteiger partial charge is 0.0845 e. The highest BCUT2D eigenvalue weighted by atomic mass is 16.3. The molecule has 1 atom stereocenters. The van der Waals surface area contributed by atoms with Crippen LogP contribution in [-0.4, -0.2) is 24.8 Å². The highest BCUT2D eigenvalue weighted by Crippen LogP contribution is 1.80. The summed E-state index contributed by atoms with van der Waals surface area (Å²) in [5, 5.41) is 11.8. The average molecular weight is 115 g/mol. The summed E-state index contributed by atoms with van der Waals surface area (Å²) in [6.45, 7) is 2.52. The molecule has 0 amide bonds. The summed E-state index contributed by atoms with van der Waals surface area (Å²) in [5.74, 6) is 0. The average Bonchev–Trinajstić information content (AvgIpc) is 1.68. The van der Waals surface area contributed by atoms with E-state index in [0.717, 1.165) is 0 Å². The van der Waals surface area contributed by atoms with Gasteiger partial charge in [0, 0.05) is 6.54 Å². The molecule has 2 nitrogen and oxygen atoms in total. The fourth-order valence-corrected chi connectivity index (χ4v) is 0.499. The molecule has 0 aromatic heterocycles. The summed E-state index contributed by atoms with van der Waals surface area (Å²) in [4.78, 5) is 0. The maximum absolute atomic E-state index is 8.90. The molecular formula is C6H13NO. The van der Waals surface area contributed by atoms with E-state index in [-0.39, 0.29) is 6.10 Å². The normalized spacial score (nSPS) is 14.9. The lowest BCUT2D eigenvalue weighted by atomic mass is 10.3. The highest BCUT2D eigenvalue weighted by Gasteiger charge is 1.91. The lowest BCUT2D eigenvalue weighted by molar-refractivity contribution is 0.222. The summed E-state index contributed by atoms with van der Waals surface area (Å²) in [5.41, 5.74) is 0. The van der Waals surface area contributed by atoms with Crippen LogP contribution in [0.3, 0.4) is 0 Å². The Labute approximate surface area is 50.2 Å². The molecule has 0 rings (SSSR count). The molecule has 48 valence electrons. The third-order valence-electron chi connectivity index (χ3n) is 0.828. The number of aliphatic hydroxyl groups is 1. The highest BCUT2D eigenvalue weighted by molar-refractivity contribution is 4.85. The van der Waals surface area contributed by atoms with Gasteiger partial charge in [-0.05, 0) is 14.0 Å². The minimum atomic E-state index is -0.329. The second-order valence-corrected chi connectivity index (χ2v) is 1.65. The van der Waals surface area contributed by atoms with Gasteiger partial charge >= 0.3 is 0 Å². The van der Waals surface area contributed by atoms with Gasteiger partial charge in [0.25, 0.3) is 0 Å². The third-order valence-corrected chi connectivity index (χ3v) is 0.828. The van der Waals surface area contributed by atoms with E-state index in [2.05, 4.69) is 5.32 Å². The quantitative estimate of drug-likeness (QED) is 0.513. The Hall–Kier alpha value is -0.340. The van der Waals surface area contributed by atoms with Crippen LogP contribution in [0.25, 0.3) is 0 Å². The lowest BCUT2D eigenvalue weighted by Crippen LogP contribution is -2.20. The number of nitrogens with one attached hydrogen (secondary N) is 1. The molecule has 0 aliphatic rings. The summed E-state index contributed by atoms with van der Waals surface area (Å²) in [6.07, 6.45) is 3.25. The lowest BCUT2D eigenvalue weighted by Gasteiger charge is -2.00. The van der Waals surface area contributed by atoms with Crippen LogP contribution in [0, 0.1) is 0 Å². The van der Waals surface area contributed by atoms with Crippen LogP contribution in [0.4, 0.5) is 0 Å². The Balaban J connectivity index is 3.17. The zero-order valence-electron chi connectivity index (χ0n) is 5.39.